The number of anilines is 2. The lowest BCUT2D eigenvalue weighted by atomic mass is 10.3. The number of nitrogens with zero attached hydrogens (tertiary/aromatic N) is 3. The van der Waals surface area contributed by atoms with Crippen molar-refractivity contribution in [2.45, 2.75) is 6.54 Å². The summed E-state index contributed by atoms with van der Waals surface area (Å²) in [6.45, 7) is 0.661. The van der Waals surface area contributed by atoms with Gasteiger partial charge in [0.15, 0.2) is 0 Å². The van der Waals surface area contributed by atoms with Crippen LogP contribution in [0, 0.1) is 0 Å². The van der Waals surface area contributed by atoms with Gasteiger partial charge in [0.2, 0.25) is 5.95 Å². The van der Waals surface area contributed by atoms with Crippen molar-refractivity contribution >= 4 is 34.8 Å². The lowest BCUT2D eigenvalue weighted by Crippen LogP contribution is -2.15. The molecule has 0 spiro atoms. The van der Waals surface area contributed by atoms with Gasteiger partial charge in [-0.3, -0.25) is 0 Å². The molecular formula is C13H16Cl2N4. The van der Waals surface area contributed by atoms with Crippen LogP contribution < -0.4 is 10.2 Å². The van der Waals surface area contributed by atoms with E-state index in [2.05, 4.69) is 10.3 Å². The molecule has 0 aliphatic rings. The Balaban J connectivity index is 2.10. The fourth-order valence-corrected chi connectivity index (χ4v) is 2.39. The number of nitrogens with one attached hydrogen (secondary N) is 1. The first-order chi connectivity index (χ1) is 8.97. The monoisotopic (exact) mass is 298 g/mol. The summed E-state index contributed by atoms with van der Waals surface area (Å²) in [6, 6.07) is 5.40. The molecule has 0 aliphatic heterocycles. The van der Waals surface area contributed by atoms with Gasteiger partial charge in [-0.1, -0.05) is 23.2 Å². The van der Waals surface area contributed by atoms with Gasteiger partial charge >= 0.3 is 0 Å². The molecule has 0 bridgehead atoms. The Morgan fingerprint density at radius 3 is 2.37 bits per heavy atom. The minimum absolute atomic E-state index is 0.619. The Hall–Kier alpha value is -1.39. The number of aromatic nitrogens is 2. The highest BCUT2D eigenvalue weighted by atomic mass is 35.5. The first kappa shape index (κ1) is 14.0. The largest absolute Gasteiger partial charge is 0.379 e. The lowest BCUT2D eigenvalue weighted by Gasteiger charge is -2.13. The maximum absolute atomic E-state index is 5.96. The molecule has 2 rings (SSSR count). The minimum atomic E-state index is 0.619. The Morgan fingerprint density at radius 1 is 1.21 bits per heavy atom. The van der Waals surface area contributed by atoms with Gasteiger partial charge < -0.3 is 14.8 Å². The SMILES string of the molecule is CN(C)c1ncc(CNc2cc(Cl)cc(Cl)c2)n1C. The van der Waals surface area contributed by atoms with E-state index in [1.165, 1.54) is 0 Å². The molecule has 102 valence electrons. The molecule has 0 atom stereocenters. The van der Waals surface area contributed by atoms with Crippen molar-refractivity contribution in [2.75, 3.05) is 24.3 Å². The number of benzene rings is 1. The molecule has 1 heterocycles. The summed E-state index contributed by atoms with van der Waals surface area (Å²) in [5.74, 6) is 0.918. The fourth-order valence-electron chi connectivity index (χ4n) is 1.86. The smallest absolute Gasteiger partial charge is 0.204 e. The number of rotatable bonds is 4. The maximum atomic E-state index is 5.96. The molecule has 1 aromatic carbocycles. The molecule has 0 saturated heterocycles. The van der Waals surface area contributed by atoms with Crippen LogP contribution in [0.4, 0.5) is 11.6 Å². The standard InChI is InChI=1S/C13H16Cl2N4/c1-18(2)13-17-8-12(19(13)3)7-16-11-5-9(14)4-10(15)6-11/h4-6,8,16H,7H2,1-3H3. The average molecular weight is 299 g/mol. The van der Waals surface area contributed by atoms with Crippen LogP contribution in [0.15, 0.2) is 24.4 Å². The van der Waals surface area contributed by atoms with E-state index in [0.717, 1.165) is 17.3 Å². The number of imidazole rings is 1. The third-order valence-corrected chi connectivity index (χ3v) is 3.23. The zero-order chi connectivity index (χ0) is 14.0. The Morgan fingerprint density at radius 2 is 1.84 bits per heavy atom. The molecule has 6 heteroatoms. The summed E-state index contributed by atoms with van der Waals surface area (Å²) in [4.78, 5) is 6.33. The van der Waals surface area contributed by atoms with E-state index in [1.807, 2.05) is 48.9 Å². The van der Waals surface area contributed by atoms with Crippen LogP contribution in [0.2, 0.25) is 10.0 Å². The van der Waals surface area contributed by atoms with Crippen LogP contribution in [0.25, 0.3) is 0 Å². The van der Waals surface area contributed by atoms with Crippen LogP contribution in [0.3, 0.4) is 0 Å². The Kier molecular flexibility index (Phi) is 4.22. The van der Waals surface area contributed by atoms with Crippen molar-refractivity contribution < 1.29 is 0 Å². The van der Waals surface area contributed by atoms with Crippen molar-refractivity contribution in [3.05, 3.63) is 40.1 Å². The summed E-state index contributed by atoms with van der Waals surface area (Å²) in [6.07, 6.45) is 1.86. The molecule has 1 aromatic heterocycles. The Labute approximate surface area is 123 Å². The van der Waals surface area contributed by atoms with Gasteiger partial charge in [-0.05, 0) is 18.2 Å². The van der Waals surface area contributed by atoms with E-state index < -0.39 is 0 Å². The van der Waals surface area contributed by atoms with Gasteiger partial charge in [-0.2, -0.15) is 0 Å². The summed E-state index contributed by atoms with van der Waals surface area (Å²) < 4.78 is 2.04. The summed E-state index contributed by atoms with van der Waals surface area (Å²) in [7, 11) is 5.93. The summed E-state index contributed by atoms with van der Waals surface area (Å²) >= 11 is 11.9. The molecule has 0 aliphatic carbocycles. The second kappa shape index (κ2) is 5.72. The van der Waals surface area contributed by atoms with Crippen molar-refractivity contribution in [1.29, 1.82) is 0 Å². The zero-order valence-electron chi connectivity index (χ0n) is 11.1. The molecule has 4 nitrogen and oxygen atoms in total. The van der Waals surface area contributed by atoms with E-state index in [-0.39, 0.29) is 0 Å². The summed E-state index contributed by atoms with van der Waals surface area (Å²) in [5.41, 5.74) is 1.98. The van der Waals surface area contributed by atoms with Gasteiger partial charge in [0.25, 0.3) is 0 Å². The van der Waals surface area contributed by atoms with Crippen LogP contribution in [-0.2, 0) is 13.6 Å². The van der Waals surface area contributed by atoms with Gasteiger partial charge in [-0.25, -0.2) is 4.98 Å². The highest BCUT2D eigenvalue weighted by molar-refractivity contribution is 6.35. The Bertz CT molecular complexity index is 558. The van der Waals surface area contributed by atoms with Crippen molar-refractivity contribution in [3.8, 4) is 0 Å². The molecule has 2 aromatic rings. The molecule has 1 N–H and O–H groups in total. The van der Waals surface area contributed by atoms with E-state index >= 15 is 0 Å². The number of halogens is 2. The molecule has 0 fully saturated rings. The predicted octanol–water partition coefficient (Wildman–Crippen LogP) is 3.41. The second-order valence-electron chi connectivity index (χ2n) is 4.51. The van der Waals surface area contributed by atoms with E-state index in [9.17, 15) is 0 Å². The third kappa shape index (κ3) is 3.33. The average Bonchev–Trinajstić information content (AvgIpc) is 2.67. The van der Waals surface area contributed by atoms with E-state index in [4.69, 9.17) is 23.2 Å². The quantitative estimate of drug-likeness (QED) is 0.939. The normalized spacial score (nSPS) is 10.6. The van der Waals surface area contributed by atoms with Gasteiger partial charge in [-0.15, -0.1) is 0 Å². The van der Waals surface area contributed by atoms with Crippen LogP contribution in [-0.4, -0.2) is 23.6 Å². The third-order valence-electron chi connectivity index (χ3n) is 2.80. The van der Waals surface area contributed by atoms with Crippen molar-refractivity contribution in [1.82, 2.24) is 9.55 Å². The fraction of sp³-hybridized carbons (Fsp3) is 0.308. The zero-order valence-corrected chi connectivity index (χ0v) is 12.6. The van der Waals surface area contributed by atoms with Gasteiger partial charge in [0.1, 0.15) is 0 Å². The molecule has 0 amide bonds. The van der Waals surface area contributed by atoms with E-state index in [0.29, 0.717) is 16.6 Å². The highest BCUT2D eigenvalue weighted by Gasteiger charge is 2.07. The summed E-state index contributed by atoms with van der Waals surface area (Å²) in [5, 5.41) is 4.53. The maximum Gasteiger partial charge on any atom is 0.204 e. The van der Waals surface area contributed by atoms with Crippen molar-refractivity contribution in [3.63, 3.8) is 0 Å². The molecule has 0 unspecified atom stereocenters. The van der Waals surface area contributed by atoms with Crippen LogP contribution >= 0.6 is 23.2 Å². The molecule has 0 radical (unpaired) electrons. The lowest BCUT2D eigenvalue weighted by molar-refractivity contribution is 0.814. The molecule has 0 saturated carbocycles. The first-order valence-electron chi connectivity index (χ1n) is 5.85. The predicted molar refractivity (Wildman–Crippen MR) is 81.3 cm³/mol. The van der Waals surface area contributed by atoms with Gasteiger partial charge in [0, 0.05) is 36.9 Å². The minimum Gasteiger partial charge on any atom is -0.379 e. The highest BCUT2D eigenvalue weighted by Crippen LogP contribution is 2.23. The molecule has 19 heavy (non-hydrogen) atoms. The van der Waals surface area contributed by atoms with Gasteiger partial charge in [0.05, 0.1) is 18.4 Å². The van der Waals surface area contributed by atoms with Crippen LogP contribution in [0.1, 0.15) is 5.69 Å². The topological polar surface area (TPSA) is 33.1 Å². The molecular weight excluding hydrogens is 283 g/mol. The van der Waals surface area contributed by atoms with E-state index in [1.54, 1.807) is 6.07 Å². The number of hydrogen-bond donors (Lipinski definition) is 1. The first-order valence-corrected chi connectivity index (χ1v) is 6.61. The second-order valence-corrected chi connectivity index (χ2v) is 5.39. The van der Waals surface area contributed by atoms with Crippen LogP contribution in [0.5, 0.6) is 0 Å². The van der Waals surface area contributed by atoms with Crippen molar-refractivity contribution in [2.24, 2.45) is 7.05 Å². The number of hydrogen-bond acceptors (Lipinski definition) is 3.